The van der Waals surface area contributed by atoms with E-state index >= 15 is 0 Å². The summed E-state index contributed by atoms with van der Waals surface area (Å²) in [5.41, 5.74) is 0. The molecule has 0 aliphatic carbocycles. The molecule has 134 valence electrons. The van der Waals surface area contributed by atoms with Crippen LogP contribution in [0.1, 0.15) is 31.9 Å². The molecule has 2 unspecified atom stereocenters. The average molecular weight is 334 g/mol. The van der Waals surface area contributed by atoms with Gasteiger partial charge < -0.3 is 19.8 Å². The van der Waals surface area contributed by atoms with E-state index in [4.69, 9.17) is 14.1 Å². The maximum absolute atomic E-state index is 6.02. The Bertz CT molecular complexity index is 503. The molecule has 0 saturated carbocycles. The van der Waals surface area contributed by atoms with E-state index in [1.54, 1.807) is 6.26 Å². The first-order valence-electron chi connectivity index (χ1n) is 9.25. The van der Waals surface area contributed by atoms with Gasteiger partial charge in [0.1, 0.15) is 5.76 Å². The van der Waals surface area contributed by atoms with Gasteiger partial charge in [-0.1, -0.05) is 6.42 Å². The number of hydrogen-bond acceptors (Lipinski definition) is 4. The van der Waals surface area contributed by atoms with Gasteiger partial charge >= 0.3 is 0 Å². The summed E-state index contributed by atoms with van der Waals surface area (Å²) in [5, 5.41) is 6.66. The van der Waals surface area contributed by atoms with Crippen molar-refractivity contribution in [2.24, 2.45) is 4.99 Å². The molecule has 6 heteroatoms. The van der Waals surface area contributed by atoms with E-state index in [0.29, 0.717) is 12.6 Å². The number of aliphatic imine (C=N–C) groups is 1. The van der Waals surface area contributed by atoms with Gasteiger partial charge in [0.2, 0.25) is 0 Å². The van der Waals surface area contributed by atoms with Crippen molar-refractivity contribution in [3.63, 3.8) is 0 Å². The predicted molar refractivity (Wildman–Crippen MR) is 95.3 cm³/mol. The van der Waals surface area contributed by atoms with Crippen molar-refractivity contribution in [3.8, 4) is 0 Å². The Balaban J connectivity index is 1.44. The Morgan fingerprint density at radius 3 is 3.17 bits per heavy atom. The van der Waals surface area contributed by atoms with Gasteiger partial charge in [0.25, 0.3) is 0 Å². The second-order valence-corrected chi connectivity index (χ2v) is 6.58. The molecule has 0 radical (unpaired) electrons. The number of rotatable bonds is 6. The predicted octanol–water partition coefficient (Wildman–Crippen LogP) is 1.63. The zero-order chi connectivity index (χ0) is 16.6. The summed E-state index contributed by atoms with van der Waals surface area (Å²) in [6.45, 7) is 7.54. The summed E-state index contributed by atoms with van der Waals surface area (Å²) in [4.78, 5) is 7.29. The highest BCUT2D eigenvalue weighted by molar-refractivity contribution is 5.79. The minimum atomic E-state index is 0.208. The van der Waals surface area contributed by atoms with E-state index < -0.39 is 0 Å². The van der Waals surface area contributed by atoms with E-state index in [9.17, 15) is 0 Å². The maximum atomic E-state index is 6.02. The van der Waals surface area contributed by atoms with Crippen LogP contribution in [0.3, 0.4) is 0 Å². The van der Waals surface area contributed by atoms with E-state index in [-0.39, 0.29) is 6.10 Å². The molecule has 6 nitrogen and oxygen atoms in total. The molecule has 1 aromatic rings. The van der Waals surface area contributed by atoms with Crippen molar-refractivity contribution in [3.05, 3.63) is 24.2 Å². The molecule has 0 aromatic carbocycles. The fraction of sp³-hybridized carbons (Fsp3) is 0.722. The second kappa shape index (κ2) is 9.08. The smallest absolute Gasteiger partial charge is 0.191 e. The van der Waals surface area contributed by atoms with Crippen molar-refractivity contribution >= 4 is 5.96 Å². The molecule has 0 amide bonds. The zero-order valence-corrected chi connectivity index (χ0v) is 14.7. The topological polar surface area (TPSA) is 62.0 Å². The molecule has 3 heterocycles. The van der Waals surface area contributed by atoms with Gasteiger partial charge in [-0.25, -0.2) is 0 Å². The van der Waals surface area contributed by atoms with E-state index in [1.807, 2.05) is 12.1 Å². The highest BCUT2D eigenvalue weighted by atomic mass is 16.5. The van der Waals surface area contributed by atoms with Crippen molar-refractivity contribution < 1.29 is 9.15 Å². The van der Waals surface area contributed by atoms with Crippen molar-refractivity contribution in [1.82, 2.24) is 15.5 Å². The van der Waals surface area contributed by atoms with Crippen LogP contribution in [-0.4, -0.2) is 62.3 Å². The number of piperidine rings is 1. The van der Waals surface area contributed by atoms with Gasteiger partial charge in [-0.05, 0) is 38.4 Å². The SMILES string of the molecule is CCNC(=NCC1CN2CCCCC2CO1)NCCc1ccco1. The lowest BCUT2D eigenvalue weighted by molar-refractivity contribution is -0.0702. The lowest BCUT2D eigenvalue weighted by Crippen LogP contribution is -2.52. The van der Waals surface area contributed by atoms with Gasteiger partial charge in [0, 0.05) is 32.1 Å². The molecule has 2 atom stereocenters. The molecular weight excluding hydrogens is 304 g/mol. The summed E-state index contributed by atoms with van der Waals surface area (Å²) >= 11 is 0. The number of hydrogen-bond donors (Lipinski definition) is 2. The Morgan fingerprint density at radius 2 is 2.33 bits per heavy atom. The van der Waals surface area contributed by atoms with Crippen LogP contribution in [0, 0.1) is 0 Å². The summed E-state index contributed by atoms with van der Waals surface area (Å²) in [7, 11) is 0. The third-order valence-corrected chi connectivity index (χ3v) is 4.75. The summed E-state index contributed by atoms with van der Waals surface area (Å²) in [6, 6.07) is 4.55. The molecule has 1 aromatic heterocycles. The van der Waals surface area contributed by atoms with Crippen LogP contribution < -0.4 is 10.6 Å². The van der Waals surface area contributed by atoms with E-state index in [0.717, 1.165) is 44.4 Å². The van der Waals surface area contributed by atoms with E-state index in [2.05, 4.69) is 22.5 Å². The van der Waals surface area contributed by atoms with Crippen LogP contribution in [0.25, 0.3) is 0 Å². The van der Waals surface area contributed by atoms with Crippen LogP contribution >= 0.6 is 0 Å². The molecule has 2 aliphatic rings. The summed E-state index contributed by atoms with van der Waals surface area (Å²) in [6.07, 6.45) is 6.73. The molecular formula is C18H30N4O2. The number of fused-ring (bicyclic) bond motifs is 1. The molecule has 24 heavy (non-hydrogen) atoms. The highest BCUT2D eigenvalue weighted by Crippen LogP contribution is 2.22. The lowest BCUT2D eigenvalue weighted by Gasteiger charge is -2.42. The Hall–Kier alpha value is -1.53. The fourth-order valence-corrected chi connectivity index (χ4v) is 3.45. The van der Waals surface area contributed by atoms with E-state index in [1.165, 1.54) is 25.8 Å². The normalized spacial score (nSPS) is 25.3. The number of morpholine rings is 1. The molecule has 2 fully saturated rings. The third-order valence-electron chi connectivity index (χ3n) is 4.75. The molecule has 2 N–H and O–H groups in total. The van der Waals surface area contributed by atoms with Gasteiger partial charge in [-0.15, -0.1) is 0 Å². The first-order chi connectivity index (χ1) is 11.8. The molecule has 3 rings (SSSR count). The minimum Gasteiger partial charge on any atom is -0.469 e. The van der Waals surface area contributed by atoms with Gasteiger partial charge in [-0.3, -0.25) is 9.89 Å². The molecule has 0 spiro atoms. The van der Waals surface area contributed by atoms with Crippen molar-refractivity contribution in [1.29, 1.82) is 0 Å². The van der Waals surface area contributed by atoms with Gasteiger partial charge in [-0.2, -0.15) is 0 Å². The minimum absolute atomic E-state index is 0.208. The second-order valence-electron chi connectivity index (χ2n) is 6.58. The number of guanidine groups is 1. The van der Waals surface area contributed by atoms with Crippen LogP contribution in [-0.2, 0) is 11.2 Å². The summed E-state index contributed by atoms with van der Waals surface area (Å²) in [5.74, 6) is 1.85. The standard InChI is InChI=1S/C18H30N4O2/c1-2-19-18(20-9-8-16-7-5-11-23-16)21-12-17-13-22-10-4-3-6-15(22)14-24-17/h5,7,11,15,17H,2-4,6,8-10,12-14H2,1H3,(H2,19,20,21). The Kier molecular flexibility index (Phi) is 6.55. The average Bonchev–Trinajstić information content (AvgIpc) is 3.13. The Labute approximate surface area is 144 Å². The monoisotopic (exact) mass is 334 g/mol. The quantitative estimate of drug-likeness (QED) is 0.612. The van der Waals surface area contributed by atoms with Crippen LogP contribution in [0.15, 0.2) is 27.8 Å². The zero-order valence-electron chi connectivity index (χ0n) is 14.7. The number of nitrogens with one attached hydrogen (secondary N) is 2. The first kappa shape index (κ1) is 17.3. The van der Waals surface area contributed by atoms with Crippen LogP contribution in [0.5, 0.6) is 0 Å². The lowest BCUT2D eigenvalue weighted by atomic mass is 10.0. The fourth-order valence-electron chi connectivity index (χ4n) is 3.45. The van der Waals surface area contributed by atoms with Crippen LogP contribution in [0.4, 0.5) is 0 Å². The largest absolute Gasteiger partial charge is 0.469 e. The number of furan rings is 1. The Morgan fingerprint density at radius 1 is 1.38 bits per heavy atom. The number of ether oxygens (including phenoxy) is 1. The van der Waals surface area contributed by atoms with Crippen molar-refractivity contribution in [2.75, 3.05) is 39.3 Å². The van der Waals surface area contributed by atoms with Gasteiger partial charge in [0.05, 0.1) is 25.5 Å². The molecule has 2 aliphatic heterocycles. The highest BCUT2D eigenvalue weighted by Gasteiger charge is 2.30. The first-order valence-corrected chi connectivity index (χ1v) is 9.25. The molecule has 0 bridgehead atoms. The van der Waals surface area contributed by atoms with Gasteiger partial charge in [0.15, 0.2) is 5.96 Å². The maximum Gasteiger partial charge on any atom is 0.191 e. The number of nitrogens with zero attached hydrogens (tertiary/aromatic N) is 2. The summed E-state index contributed by atoms with van der Waals surface area (Å²) < 4.78 is 11.4. The van der Waals surface area contributed by atoms with Crippen molar-refractivity contribution in [2.45, 2.75) is 44.8 Å². The third kappa shape index (κ3) is 4.98. The van der Waals surface area contributed by atoms with Crippen LogP contribution in [0.2, 0.25) is 0 Å². The molecule has 2 saturated heterocycles.